The van der Waals surface area contributed by atoms with Crippen molar-refractivity contribution in [1.82, 2.24) is 5.32 Å². The lowest BCUT2D eigenvalue weighted by Gasteiger charge is -2.22. The van der Waals surface area contributed by atoms with Crippen LogP contribution in [0, 0.1) is 5.92 Å². The first-order valence-electron chi connectivity index (χ1n) is 6.37. The molecule has 17 heavy (non-hydrogen) atoms. The molecular weight excluding hydrogens is 222 g/mol. The highest BCUT2D eigenvalue weighted by Crippen LogP contribution is 2.17. The molecule has 1 fully saturated rings. The van der Waals surface area contributed by atoms with Crippen molar-refractivity contribution in [2.75, 3.05) is 26.3 Å². The number of hydrogen-bond donors (Lipinski definition) is 3. The predicted molar refractivity (Wildman–Crippen MR) is 63.9 cm³/mol. The number of aliphatic hydroxyl groups excluding tert-OH is 1. The maximum absolute atomic E-state index is 10.3. The highest BCUT2D eigenvalue weighted by Gasteiger charge is 2.13. The minimum absolute atomic E-state index is 0.0306. The van der Waals surface area contributed by atoms with Crippen LogP contribution >= 0.6 is 0 Å². The third-order valence-electron chi connectivity index (χ3n) is 3.14. The van der Waals surface area contributed by atoms with Gasteiger partial charge in [-0.2, -0.15) is 0 Å². The molecule has 3 N–H and O–H groups in total. The molecule has 1 aliphatic heterocycles. The van der Waals surface area contributed by atoms with Gasteiger partial charge in [-0.25, -0.2) is 0 Å². The molecule has 5 nitrogen and oxygen atoms in total. The molecule has 0 amide bonds. The first-order valence-corrected chi connectivity index (χ1v) is 6.37. The fourth-order valence-electron chi connectivity index (χ4n) is 2.00. The van der Waals surface area contributed by atoms with Gasteiger partial charge in [0, 0.05) is 26.2 Å². The van der Waals surface area contributed by atoms with E-state index in [9.17, 15) is 9.90 Å². The largest absolute Gasteiger partial charge is 0.481 e. The molecule has 0 aliphatic carbocycles. The van der Waals surface area contributed by atoms with Gasteiger partial charge < -0.3 is 20.3 Å². The first-order chi connectivity index (χ1) is 8.18. The summed E-state index contributed by atoms with van der Waals surface area (Å²) in [5.74, 6) is -0.126. The Kier molecular flexibility index (Phi) is 7.16. The molecule has 1 rings (SSSR count). The molecule has 5 heteroatoms. The topological polar surface area (TPSA) is 78.8 Å². The van der Waals surface area contributed by atoms with Crippen molar-refractivity contribution in [3.63, 3.8) is 0 Å². The molecular formula is C12H23NO4. The third kappa shape index (κ3) is 7.31. The van der Waals surface area contributed by atoms with E-state index in [0.717, 1.165) is 44.9 Å². The molecule has 1 aliphatic rings. The Morgan fingerprint density at radius 3 is 2.76 bits per heavy atom. The van der Waals surface area contributed by atoms with Crippen LogP contribution in [0.5, 0.6) is 0 Å². The molecule has 1 heterocycles. The highest BCUT2D eigenvalue weighted by molar-refractivity contribution is 5.66. The van der Waals surface area contributed by atoms with Gasteiger partial charge in [0.05, 0.1) is 6.10 Å². The zero-order chi connectivity index (χ0) is 12.5. The van der Waals surface area contributed by atoms with Crippen LogP contribution in [-0.2, 0) is 9.53 Å². The van der Waals surface area contributed by atoms with Crippen LogP contribution in [0.3, 0.4) is 0 Å². The number of hydrogen-bond acceptors (Lipinski definition) is 4. The van der Waals surface area contributed by atoms with E-state index in [-0.39, 0.29) is 6.42 Å². The highest BCUT2D eigenvalue weighted by atomic mass is 16.5. The van der Waals surface area contributed by atoms with Crippen molar-refractivity contribution >= 4 is 5.97 Å². The lowest BCUT2D eigenvalue weighted by molar-refractivity contribution is -0.137. The second-order valence-electron chi connectivity index (χ2n) is 4.63. The normalized spacial score (nSPS) is 19.1. The molecule has 0 aromatic carbocycles. The van der Waals surface area contributed by atoms with Crippen LogP contribution in [0.1, 0.15) is 32.1 Å². The SMILES string of the molecule is O=C(O)CCC(O)CNCCC1CCOCC1. The molecule has 100 valence electrons. The Bertz CT molecular complexity index is 217. The van der Waals surface area contributed by atoms with E-state index < -0.39 is 12.1 Å². The molecule has 0 aromatic heterocycles. The van der Waals surface area contributed by atoms with Gasteiger partial charge in [-0.05, 0) is 38.1 Å². The Labute approximate surface area is 102 Å². The molecule has 1 atom stereocenters. The standard InChI is InChI=1S/C12H23NO4/c14-11(1-2-12(15)16)9-13-6-3-10-4-7-17-8-5-10/h10-11,13-14H,1-9H2,(H,15,16). The molecule has 0 bridgehead atoms. The fourth-order valence-corrected chi connectivity index (χ4v) is 2.00. The van der Waals surface area contributed by atoms with Gasteiger partial charge in [0.25, 0.3) is 0 Å². The number of ether oxygens (including phenoxy) is 1. The summed E-state index contributed by atoms with van der Waals surface area (Å²) in [6.45, 7) is 3.10. The van der Waals surface area contributed by atoms with Gasteiger partial charge in [0.1, 0.15) is 0 Å². The number of aliphatic hydroxyl groups is 1. The number of carbonyl (C=O) groups is 1. The number of rotatable bonds is 8. The van der Waals surface area contributed by atoms with Crippen molar-refractivity contribution in [2.45, 2.75) is 38.2 Å². The van der Waals surface area contributed by atoms with E-state index in [4.69, 9.17) is 9.84 Å². The number of carboxylic acids is 1. The van der Waals surface area contributed by atoms with Gasteiger partial charge in [-0.3, -0.25) is 4.79 Å². The van der Waals surface area contributed by atoms with Gasteiger partial charge >= 0.3 is 5.97 Å². The van der Waals surface area contributed by atoms with Crippen molar-refractivity contribution in [2.24, 2.45) is 5.92 Å². The molecule has 0 aromatic rings. The van der Waals surface area contributed by atoms with E-state index in [1.54, 1.807) is 0 Å². The Morgan fingerprint density at radius 1 is 1.41 bits per heavy atom. The molecule has 0 saturated carbocycles. The summed E-state index contributed by atoms with van der Waals surface area (Å²) in [7, 11) is 0. The summed E-state index contributed by atoms with van der Waals surface area (Å²) in [5.41, 5.74) is 0. The van der Waals surface area contributed by atoms with E-state index in [2.05, 4.69) is 5.32 Å². The second kappa shape index (κ2) is 8.44. The van der Waals surface area contributed by atoms with E-state index >= 15 is 0 Å². The van der Waals surface area contributed by atoms with E-state index in [1.807, 2.05) is 0 Å². The second-order valence-corrected chi connectivity index (χ2v) is 4.63. The third-order valence-corrected chi connectivity index (χ3v) is 3.14. The van der Waals surface area contributed by atoms with Gasteiger partial charge in [0.15, 0.2) is 0 Å². The van der Waals surface area contributed by atoms with Crippen LogP contribution in [-0.4, -0.2) is 48.6 Å². The van der Waals surface area contributed by atoms with Crippen LogP contribution in [0.25, 0.3) is 0 Å². The molecule has 0 spiro atoms. The van der Waals surface area contributed by atoms with Crippen molar-refractivity contribution in [3.8, 4) is 0 Å². The molecule has 1 unspecified atom stereocenters. The zero-order valence-electron chi connectivity index (χ0n) is 10.2. The summed E-state index contributed by atoms with van der Waals surface area (Å²) in [6, 6.07) is 0. The lowest BCUT2D eigenvalue weighted by atomic mass is 9.97. The Balaban J connectivity index is 1.93. The average Bonchev–Trinajstić information content (AvgIpc) is 2.33. The van der Waals surface area contributed by atoms with Gasteiger partial charge in [0.2, 0.25) is 0 Å². The monoisotopic (exact) mass is 245 g/mol. The van der Waals surface area contributed by atoms with Gasteiger partial charge in [-0.15, -0.1) is 0 Å². The maximum Gasteiger partial charge on any atom is 0.303 e. The van der Waals surface area contributed by atoms with Crippen LogP contribution < -0.4 is 5.32 Å². The predicted octanol–water partition coefficient (Wildman–Crippen LogP) is 0.618. The zero-order valence-corrected chi connectivity index (χ0v) is 10.2. The number of nitrogens with one attached hydrogen (secondary N) is 1. The van der Waals surface area contributed by atoms with Crippen molar-refractivity contribution in [3.05, 3.63) is 0 Å². The summed E-state index contributed by atoms with van der Waals surface area (Å²) >= 11 is 0. The molecule has 0 radical (unpaired) electrons. The Hall–Kier alpha value is -0.650. The van der Waals surface area contributed by atoms with Crippen molar-refractivity contribution < 1.29 is 19.7 Å². The summed E-state index contributed by atoms with van der Waals surface area (Å²) in [4.78, 5) is 10.3. The average molecular weight is 245 g/mol. The number of carboxylic acid groups (broad SMARTS) is 1. The summed E-state index contributed by atoms with van der Waals surface area (Å²) in [5, 5.41) is 21.1. The smallest absolute Gasteiger partial charge is 0.303 e. The quantitative estimate of drug-likeness (QED) is 0.546. The summed E-state index contributed by atoms with van der Waals surface area (Å²) < 4.78 is 5.28. The fraction of sp³-hybridized carbons (Fsp3) is 0.917. The molecule has 1 saturated heterocycles. The minimum Gasteiger partial charge on any atom is -0.481 e. The van der Waals surface area contributed by atoms with E-state index in [1.165, 1.54) is 0 Å². The number of aliphatic carboxylic acids is 1. The Morgan fingerprint density at radius 2 is 2.12 bits per heavy atom. The van der Waals surface area contributed by atoms with E-state index in [0.29, 0.717) is 13.0 Å². The maximum atomic E-state index is 10.3. The first kappa shape index (κ1) is 14.4. The van der Waals surface area contributed by atoms with Gasteiger partial charge in [-0.1, -0.05) is 0 Å². The minimum atomic E-state index is -0.855. The van der Waals surface area contributed by atoms with Crippen LogP contribution in [0.2, 0.25) is 0 Å². The van der Waals surface area contributed by atoms with Crippen molar-refractivity contribution in [1.29, 1.82) is 0 Å². The van der Waals surface area contributed by atoms with Crippen LogP contribution in [0.15, 0.2) is 0 Å². The lowest BCUT2D eigenvalue weighted by Crippen LogP contribution is -2.29. The summed E-state index contributed by atoms with van der Waals surface area (Å²) in [6.07, 6.45) is 3.16. The van der Waals surface area contributed by atoms with Crippen LogP contribution in [0.4, 0.5) is 0 Å².